The number of benzene rings is 2. The van der Waals surface area contributed by atoms with Crippen LogP contribution in [0.1, 0.15) is 21.5 Å². The second-order valence-corrected chi connectivity index (χ2v) is 8.38. The van der Waals surface area contributed by atoms with E-state index in [1.165, 1.54) is 0 Å². The van der Waals surface area contributed by atoms with Crippen molar-refractivity contribution in [3.05, 3.63) is 64.7 Å². The second kappa shape index (κ2) is 11.3. The zero-order chi connectivity index (χ0) is 24.0. The van der Waals surface area contributed by atoms with Crippen molar-refractivity contribution in [3.8, 4) is 0 Å². The third kappa shape index (κ3) is 7.05. The normalized spacial score (nSPS) is 15.8. The Hall–Kier alpha value is -2.88. The molecule has 1 heterocycles. The number of aliphatic hydroxyl groups is 1. The Morgan fingerprint density at radius 3 is 2.30 bits per heavy atom. The molecule has 3 N–H and O–H groups in total. The number of carbonyl (C=O) groups excluding carboxylic acids is 2. The number of halogens is 2. The molecule has 1 aliphatic rings. The highest BCUT2D eigenvalue weighted by Crippen LogP contribution is 2.19. The molecule has 1 unspecified atom stereocenters. The smallest absolute Gasteiger partial charge is 0.254 e. The molecule has 2 aromatic rings. The lowest BCUT2D eigenvalue weighted by molar-refractivity contribution is -0.117. The Balaban J connectivity index is 1.38. The number of para-hydroxylation sites is 1. The molecule has 7 nitrogen and oxygen atoms in total. The highest BCUT2D eigenvalue weighted by molar-refractivity contribution is 5.94. The van der Waals surface area contributed by atoms with Gasteiger partial charge in [-0.25, -0.2) is 8.78 Å². The maximum Gasteiger partial charge on any atom is 0.254 e. The number of rotatable bonds is 8. The minimum Gasteiger partial charge on any atom is -0.390 e. The summed E-state index contributed by atoms with van der Waals surface area (Å²) in [6.07, 6.45) is -0.837. The second-order valence-electron chi connectivity index (χ2n) is 8.38. The van der Waals surface area contributed by atoms with Gasteiger partial charge in [-0.05, 0) is 37.1 Å². The number of nitrogens with zero attached hydrogens (tertiary/aromatic N) is 2. The van der Waals surface area contributed by atoms with Crippen LogP contribution >= 0.6 is 0 Å². The van der Waals surface area contributed by atoms with Gasteiger partial charge in [0.2, 0.25) is 5.91 Å². The highest BCUT2D eigenvalue weighted by Gasteiger charge is 2.22. The van der Waals surface area contributed by atoms with Crippen molar-refractivity contribution in [1.29, 1.82) is 0 Å². The van der Waals surface area contributed by atoms with Crippen LogP contribution in [0.2, 0.25) is 0 Å². The number of anilines is 1. The van der Waals surface area contributed by atoms with Gasteiger partial charge in [-0.3, -0.25) is 19.4 Å². The van der Waals surface area contributed by atoms with Gasteiger partial charge in [0.1, 0.15) is 11.6 Å². The summed E-state index contributed by atoms with van der Waals surface area (Å²) < 4.78 is 26.7. The predicted octanol–water partition coefficient (Wildman–Crippen LogP) is 1.93. The zero-order valence-corrected chi connectivity index (χ0v) is 18.9. The highest BCUT2D eigenvalue weighted by atomic mass is 19.1. The molecule has 1 atom stereocenters. The van der Waals surface area contributed by atoms with E-state index in [9.17, 15) is 23.5 Å². The average Bonchev–Trinajstić information content (AvgIpc) is 2.76. The fourth-order valence-electron chi connectivity index (χ4n) is 3.87. The first kappa shape index (κ1) is 24.8. The van der Waals surface area contributed by atoms with Gasteiger partial charge in [0.25, 0.3) is 5.91 Å². The van der Waals surface area contributed by atoms with Crippen molar-refractivity contribution >= 4 is 17.5 Å². The van der Waals surface area contributed by atoms with Crippen LogP contribution < -0.4 is 10.6 Å². The van der Waals surface area contributed by atoms with Crippen LogP contribution in [-0.4, -0.2) is 78.6 Å². The number of amides is 2. The van der Waals surface area contributed by atoms with Gasteiger partial charge in [0, 0.05) is 51.0 Å². The van der Waals surface area contributed by atoms with E-state index in [4.69, 9.17) is 0 Å². The Morgan fingerprint density at radius 2 is 1.67 bits per heavy atom. The summed E-state index contributed by atoms with van der Waals surface area (Å²) in [6, 6.07) is 8.61. The molecule has 1 fully saturated rings. The quantitative estimate of drug-likeness (QED) is 0.561. The maximum atomic E-state index is 13.7. The van der Waals surface area contributed by atoms with E-state index < -0.39 is 23.6 Å². The zero-order valence-electron chi connectivity index (χ0n) is 18.9. The number of aryl methyl sites for hydroxylation is 2. The number of nitrogens with one attached hydrogen (secondary N) is 2. The molecule has 2 aromatic carbocycles. The molecule has 1 aliphatic heterocycles. The van der Waals surface area contributed by atoms with Crippen LogP contribution in [0.15, 0.2) is 36.4 Å². The Kier molecular flexibility index (Phi) is 8.49. The molecule has 3 rings (SSSR count). The number of hydrogen-bond donors (Lipinski definition) is 3. The number of carbonyl (C=O) groups is 2. The van der Waals surface area contributed by atoms with Gasteiger partial charge in [-0.2, -0.15) is 0 Å². The molecule has 178 valence electrons. The maximum absolute atomic E-state index is 13.7. The van der Waals surface area contributed by atoms with E-state index in [2.05, 4.69) is 20.4 Å². The monoisotopic (exact) mass is 460 g/mol. The van der Waals surface area contributed by atoms with E-state index in [0.717, 1.165) is 28.9 Å². The molecule has 0 saturated carbocycles. The van der Waals surface area contributed by atoms with Gasteiger partial charge in [-0.1, -0.05) is 18.2 Å². The van der Waals surface area contributed by atoms with Gasteiger partial charge < -0.3 is 15.7 Å². The van der Waals surface area contributed by atoms with E-state index in [1.807, 2.05) is 32.0 Å². The van der Waals surface area contributed by atoms with Crippen molar-refractivity contribution < 1.29 is 23.5 Å². The lowest BCUT2D eigenvalue weighted by Crippen LogP contribution is -2.51. The van der Waals surface area contributed by atoms with Crippen LogP contribution in [0.5, 0.6) is 0 Å². The van der Waals surface area contributed by atoms with Crippen LogP contribution in [0, 0.1) is 25.5 Å². The number of piperazine rings is 1. The summed E-state index contributed by atoms with van der Waals surface area (Å²) in [5.74, 6) is -2.46. The summed E-state index contributed by atoms with van der Waals surface area (Å²) in [4.78, 5) is 28.6. The largest absolute Gasteiger partial charge is 0.390 e. The minimum atomic E-state index is -0.945. The molecule has 0 radical (unpaired) electrons. The van der Waals surface area contributed by atoms with Crippen molar-refractivity contribution in [2.45, 2.75) is 20.0 Å². The fraction of sp³-hybridized carbons (Fsp3) is 0.417. The summed E-state index contributed by atoms with van der Waals surface area (Å²) in [7, 11) is 0. The van der Waals surface area contributed by atoms with Gasteiger partial charge >= 0.3 is 0 Å². The third-order valence-corrected chi connectivity index (χ3v) is 5.72. The topological polar surface area (TPSA) is 84.9 Å². The van der Waals surface area contributed by atoms with Crippen LogP contribution in [-0.2, 0) is 4.79 Å². The summed E-state index contributed by atoms with van der Waals surface area (Å²) in [5.41, 5.74) is 2.64. The molecule has 33 heavy (non-hydrogen) atoms. The number of hydrogen-bond acceptors (Lipinski definition) is 5. The lowest BCUT2D eigenvalue weighted by atomic mass is 10.1. The minimum absolute atomic E-state index is 0.0476. The van der Waals surface area contributed by atoms with Gasteiger partial charge in [0.15, 0.2) is 0 Å². The van der Waals surface area contributed by atoms with E-state index in [1.54, 1.807) is 0 Å². The molecule has 1 saturated heterocycles. The fourth-order valence-corrected chi connectivity index (χ4v) is 3.87. The van der Waals surface area contributed by atoms with Gasteiger partial charge in [0.05, 0.1) is 18.2 Å². The van der Waals surface area contributed by atoms with E-state index in [-0.39, 0.29) is 18.0 Å². The predicted molar refractivity (Wildman–Crippen MR) is 122 cm³/mol. The summed E-state index contributed by atoms with van der Waals surface area (Å²) >= 11 is 0. The molecule has 9 heteroatoms. The Bertz CT molecular complexity index is 973. The SMILES string of the molecule is Cc1cccc(C)c1NC(=O)CN1CCN(CC(O)CNC(=O)c2ccc(F)cc2F)CC1. The summed E-state index contributed by atoms with van der Waals surface area (Å²) in [6.45, 7) is 7.23. The van der Waals surface area contributed by atoms with Crippen molar-refractivity contribution in [2.24, 2.45) is 0 Å². The Morgan fingerprint density at radius 1 is 1.03 bits per heavy atom. The molecule has 0 aliphatic carbocycles. The molecule has 0 spiro atoms. The third-order valence-electron chi connectivity index (χ3n) is 5.72. The lowest BCUT2D eigenvalue weighted by Gasteiger charge is -2.35. The van der Waals surface area contributed by atoms with E-state index >= 15 is 0 Å². The molecular formula is C24H30F2N4O3. The van der Waals surface area contributed by atoms with Crippen molar-refractivity contribution in [3.63, 3.8) is 0 Å². The molecule has 0 aromatic heterocycles. The van der Waals surface area contributed by atoms with E-state index in [0.29, 0.717) is 45.3 Å². The van der Waals surface area contributed by atoms with Crippen LogP contribution in [0.4, 0.5) is 14.5 Å². The van der Waals surface area contributed by atoms with Gasteiger partial charge in [-0.15, -0.1) is 0 Å². The first-order valence-corrected chi connectivity index (χ1v) is 10.9. The standard InChI is InChI=1S/C24H30F2N4O3/c1-16-4-3-5-17(2)23(16)28-22(32)15-30-10-8-29(9-11-30)14-19(31)13-27-24(33)20-7-6-18(25)12-21(20)26/h3-7,12,19,31H,8-11,13-15H2,1-2H3,(H,27,33)(H,28,32). The van der Waals surface area contributed by atoms with Crippen LogP contribution in [0.3, 0.4) is 0 Å². The van der Waals surface area contributed by atoms with Crippen LogP contribution in [0.25, 0.3) is 0 Å². The van der Waals surface area contributed by atoms with Crippen molar-refractivity contribution in [2.75, 3.05) is 51.1 Å². The molecule has 2 amide bonds. The first-order chi connectivity index (χ1) is 15.7. The molecular weight excluding hydrogens is 430 g/mol. The Labute approximate surface area is 192 Å². The number of β-amino-alcohol motifs (C(OH)–C–C–N with tert-alkyl or cyclic N) is 1. The molecule has 0 bridgehead atoms. The van der Waals surface area contributed by atoms with Crippen molar-refractivity contribution in [1.82, 2.24) is 15.1 Å². The average molecular weight is 461 g/mol. The summed E-state index contributed by atoms with van der Waals surface area (Å²) in [5, 5.41) is 15.7. The number of aliphatic hydroxyl groups excluding tert-OH is 1. The first-order valence-electron chi connectivity index (χ1n) is 10.9.